The lowest BCUT2D eigenvalue weighted by molar-refractivity contribution is -0.117. The third-order valence-electron chi connectivity index (χ3n) is 3.99. The molecule has 3 N–H and O–H groups in total. The van der Waals surface area contributed by atoms with Crippen molar-refractivity contribution in [2.24, 2.45) is 5.92 Å². The zero-order valence-corrected chi connectivity index (χ0v) is 14.6. The molecule has 2 aromatic rings. The molecule has 0 bridgehead atoms. The number of carbonyl (C=O) groups is 2. The SMILES string of the molecule is C[C@@H](Nc1ccc(NC(=O)C2CC2)cc1)C(=O)Nc1ccc(Cl)cc1. The van der Waals surface area contributed by atoms with Crippen LogP contribution in [0, 0.1) is 5.92 Å². The average Bonchev–Trinajstić information content (AvgIpc) is 3.43. The molecule has 6 heteroatoms. The van der Waals surface area contributed by atoms with Gasteiger partial charge in [-0.1, -0.05) is 11.6 Å². The summed E-state index contributed by atoms with van der Waals surface area (Å²) in [7, 11) is 0. The number of hydrogen-bond acceptors (Lipinski definition) is 3. The molecule has 0 aromatic heterocycles. The van der Waals surface area contributed by atoms with Gasteiger partial charge in [0.2, 0.25) is 11.8 Å². The minimum atomic E-state index is -0.414. The van der Waals surface area contributed by atoms with E-state index in [1.807, 2.05) is 24.3 Å². The highest BCUT2D eigenvalue weighted by Crippen LogP contribution is 2.30. The standard InChI is InChI=1S/C19H20ClN3O2/c1-12(18(24)22-16-6-4-14(20)5-7-16)21-15-8-10-17(11-9-15)23-19(25)13-2-3-13/h4-13,21H,2-3H2,1H3,(H,22,24)(H,23,25)/t12-/m1/s1. The van der Waals surface area contributed by atoms with Crippen molar-refractivity contribution >= 4 is 40.5 Å². The van der Waals surface area contributed by atoms with Crippen LogP contribution in [0.3, 0.4) is 0 Å². The van der Waals surface area contributed by atoms with E-state index < -0.39 is 6.04 Å². The number of benzene rings is 2. The third kappa shape index (κ3) is 4.97. The van der Waals surface area contributed by atoms with E-state index in [0.29, 0.717) is 10.7 Å². The molecule has 0 heterocycles. The topological polar surface area (TPSA) is 70.2 Å². The van der Waals surface area contributed by atoms with Crippen LogP contribution in [0.25, 0.3) is 0 Å². The quantitative estimate of drug-likeness (QED) is 0.728. The molecule has 1 aliphatic carbocycles. The van der Waals surface area contributed by atoms with Crippen molar-refractivity contribution in [2.75, 3.05) is 16.0 Å². The maximum absolute atomic E-state index is 12.2. The van der Waals surface area contributed by atoms with Gasteiger partial charge in [0.15, 0.2) is 0 Å². The van der Waals surface area contributed by atoms with E-state index in [4.69, 9.17) is 11.6 Å². The number of carbonyl (C=O) groups excluding carboxylic acids is 2. The first-order valence-electron chi connectivity index (χ1n) is 8.25. The van der Waals surface area contributed by atoms with Crippen molar-refractivity contribution in [1.29, 1.82) is 0 Å². The van der Waals surface area contributed by atoms with Gasteiger partial charge in [-0.05, 0) is 68.3 Å². The average molecular weight is 358 g/mol. The van der Waals surface area contributed by atoms with E-state index in [1.165, 1.54) is 0 Å². The summed E-state index contributed by atoms with van der Waals surface area (Å²) in [6.45, 7) is 1.79. The second kappa shape index (κ2) is 7.57. The van der Waals surface area contributed by atoms with Gasteiger partial charge < -0.3 is 16.0 Å². The lowest BCUT2D eigenvalue weighted by Gasteiger charge is -2.16. The number of hydrogen-bond donors (Lipinski definition) is 3. The van der Waals surface area contributed by atoms with Crippen molar-refractivity contribution in [3.05, 3.63) is 53.6 Å². The highest BCUT2D eigenvalue weighted by molar-refractivity contribution is 6.30. The first-order chi connectivity index (χ1) is 12.0. The zero-order valence-electron chi connectivity index (χ0n) is 13.9. The second-order valence-corrected chi connectivity index (χ2v) is 6.64. The third-order valence-corrected chi connectivity index (χ3v) is 4.24. The Kier molecular flexibility index (Phi) is 5.24. The van der Waals surface area contributed by atoms with Crippen molar-refractivity contribution in [1.82, 2.24) is 0 Å². The van der Waals surface area contributed by atoms with Gasteiger partial charge in [-0.3, -0.25) is 9.59 Å². The van der Waals surface area contributed by atoms with Gasteiger partial charge in [0.1, 0.15) is 6.04 Å². The van der Waals surface area contributed by atoms with E-state index in [1.54, 1.807) is 31.2 Å². The van der Waals surface area contributed by atoms with Crippen LogP contribution in [0.15, 0.2) is 48.5 Å². The van der Waals surface area contributed by atoms with Crippen molar-refractivity contribution < 1.29 is 9.59 Å². The minimum absolute atomic E-state index is 0.0800. The zero-order chi connectivity index (χ0) is 17.8. The maximum atomic E-state index is 12.2. The molecule has 0 saturated heterocycles. The van der Waals surface area contributed by atoms with Gasteiger partial charge in [-0.15, -0.1) is 0 Å². The molecule has 1 saturated carbocycles. The summed E-state index contributed by atoms with van der Waals surface area (Å²) in [6.07, 6.45) is 1.96. The van der Waals surface area contributed by atoms with Crippen molar-refractivity contribution in [2.45, 2.75) is 25.8 Å². The molecule has 2 amide bonds. The number of halogens is 1. The van der Waals surface area contributed by atoms with Gasteiger partial charge in [0.25, 0.3) is 0 Å². The highest BCUT2D eigenvalue weighted by Gasteiger charge is 2.29. The van der Waals surface area contributed by atoms with Crippen LogP contribution in [0.2, 0.25) is 5.02 Å². The molecule has 130 valence electrons. The predicted octanol–water partition coefficient (Wildman–Crippen LogP) is 4.13. The molecular weight excluding hydrogens is 338 g/mol. The first kappa shape index (κ1) is 17.3. The molecule has 0 radical (unpaired) electrons. The van der Waals surface area contributed by atoms with E-state index in [0.717, 1.165) is 24.2 Å². The number of nitrogens with one attached hydrogen (secondary N) is 3. The predicted molar refractivity (Wildman–Crippen MR) is 101 cm³/mol. The summed E-state index contributed by atoms with van der Waals surface area (Å²) in [5.74, 6) is 0.110. The second-order valence-electron chi connectivity index (χ2n) is 6.20. The Morgan fingerprint density at radius 1 is 0.920 bits per heavy atom. The van der Waals surface area contributed by atoms with Crippen LogP contribution in [-0.2, 0) is 9.59 Å². The Morgan fingerprint density at radius 3 is 2.04 bits per heavy atom. The molecule has 0 unspecified atom stereocenters. The Bertz CT molecular complexity index is 755. The van der Waals surface area contributed by atoms with E-state index >= 15 is 0 Å². The lowest BCUT2D eigenvalue weighted by Crippen LogP contribution is -2.31. The maximum Gasteiger partial charge on any atom is 0.246 e. The molecule has 1 atom stereocenters. The van der Waals surface area contributed by atoms with E-state index in [2.05, 4.69) is 16.0 Å². The Balaban J connectivity index is 1.52. The normalized spacial score (nSPS) is 14.5. The molecule has 0 aliphatic heterocycles. The Hall–Kier alpha value is -2.53. The monoisotopic (exact) mass is 357 g/mol. The fraction of sp³-hybridized carbons (Fsp3) is 0.263. The van der Waals surface area contributed by atoms with Crippen LogP contribution in [0.5, 0.6) is 0 Å². The van der Waals surface area contributed by atoms with Gasteiger partial charge >= 0.3 is 0 Å². The lowest BCUT2D eigenvalue weighted by atomic mass is 10.2. The van der Waals surface area contributed by atoms with Crippen LogP contribution in [-0.4, -0.2) is 17.9 Å². The largest absolute Gasteiger partial charge is 0.374 e. The summed E-state index contributed by atoms with van der Waals surface area (Å²) in [5.41, 5.74) is 2.27. The summed E-state index contributed by atoms with van der Waals surface area (Å²) in [4.78, 5) is 24.0. The van der Waals surface area contributed by atoms with Gasteiger partial charge in [-0.2, -0.15) is 0 Å². The fourth-order valence-electron chi connectivity index (χ4n) is 2.34. The summed E-state index contributed by atoms with van der Waals surface area (Å²) < 4.78 is 0. The van der Waals surface area contributed by atoms with Crippen LogP contribution in [0.4, 0.5) is 17.1 Å². The fourth-order valence-corrected chi connectivity index (χ4v) is 2.46. The summed E-state index contributed by atoms with van der Waals surface area (Å²) in [6, 6.07) is 13.9. The molecule has 1 aliphatic rings. The molecule has 3 rings (SSSR count). The van der Waals surface area contributed by atoms with E-state index in [9.17, 15) is 9.59 Å². The van der Waals surface area contributed by atoms with Gasteiger partial charge in [-0.25, -0.2) is 0 Å². The number of amides is 2. The van der Waals surface area contributed by atoms with Crippen molar-refractivity contribution in [3.8, 4) is 0 Å². The molecule has 5 nitrogen and oxygen atoms in total. The number of anilines is 3. The minimum Gasteiger partial charge on any atom is -0.374 e. The Labute approximate surface area is 151 Å². The highest BCUT2D eigenvalue weighted by atomic mass is 35.5. The molecule has 1 fully saturated rings. The summed E-state index contributed by atoms with van der Waals surface area (Å²) in [5, 5.41) is 9.48. The van der Waals surface area contributed by atoms with Crippen LogP contribution < -0.4 is 16.0 Å². The van der Waals surface area contributed by atoms with Crippen LogP contribution >= 0.6 is 11.6 Å². The van der Waals surface area contributed by atoms with Gasteiger partial charge in [0, 0.05) is 28.0 Å². The van der Waals surface area contributed by atoms with Gasteiger partial charge in [0.05, 0.1) is 0 Å². The number of rotatable bonds is 6. The molecular formula is C19H20ClN3O2. The Morgan fingerprint density at radius 2 is 1.44 bits per heavy atom. The molecule has 25 heavy (non-hydrogen) atoms. The molecule has 2 aromatic carbocycles. The van der Waals surface area contributed by atoms with Crippen LogP contribution in [0.1, 0.15) is 19.8 Å². The summed E-state index contributed by atoms with van der Waals surface area (Å²) >= 11 is 5.83. The first-order valence-corrected chi connectivity index (χ1v) is 8.63. The smallest absolute Gasteiger partial charge is 0.246 e. The molecule has 0 spiro atoms. The van der Waals surface area contributed by atoms with E-state index in [-0.39, 0.29) is 17.7 Å². The van der Waals surface area contributed by atoms with Crippen molar-refractivity contribution in [3.63, 3.8) is 0 Å².